The van der Waals surface area contributed by atoms with Crippen LogP contribution >= 0.6 is 11.8 Å². The zero-order valence-electron chi connectivity index (χ0n) is 19.5. The van der Waals surface area contributed by atoms with Gasteiger partial charge in [0, 0.05) is 24.8 Å². The fourth-order valence-corrected chi connectivity index (χ4v) is 3.24. The second-order valence-corrected chi connectivity index (χ2v) is 8.77. The molecule has 0 aliphatic heterocycles. The van der Waals surface area contributed by atoms with Gasteiger partial charge in [-0.15, -0.1) is 0 Å². The first kappa shape index (κ1) is 25.4. The Labute approximate surface area is 185 Å². The standard InChI is InChI=1S/C21H27N5OS.C2H6/c1-13-8-9-15(14(2)27)10-17(13)23-18-16(11-22)19(25-20(24-18)28-7)26(6)12-21(3,4)5;1-2/h8-10H,12H2,1-7H3,(H,23,24,25);1-2H3. The van der Waals surface area contributed by atoms with Crippen molar-refractivity contribution >= 4 is 34.9 Å². The summed E-state index contributed by atoms with van der Waals surface area (Å²) in [4.78, 5) is 22.8. The molecule has 1 aromatic carbocycles. The van der Waals surface area contributed by atoms with Gasteiger partial charge in [0.05, 0.1) is 0 Å². The predicted octanol–water partition coefficient (Wildman–Crippen LogP) is 5.83. The van der Waals surface area contributed by atoms with Crippen LogP contribution in [0.5, 0.6) is 0 Å². The van der Waals surface area contributed by atoms with Gasteiger partial charge in [-0.1, -0.05) is 58.5 Å². The minimum atomic E-state index is -0.0124. The summed E-state index contributed by atoms with van der Waals surface area (Å²) < 4.78 is 0. The van der Waals surface area contributed by atoms with Crippen LogP contribution in [0.4, 0.5) is 17.3 Å². The Morgan fingerprint density at radius 3 is 2.40 bits per heavy atom. The van der Waals surface area contributed by atoms with Gasteiger partial charge in [-0.05, 0) is 37.1 Å². The molecule has 1 N–H and O–H groups in total. The number of anilines is 3. The molecule has 6 nitrogen and oxygen atoms in total. The van der Waals surface area contributed by atoms with E-state index in [0.717, 1.165) is 17.8 Å². The van der Waals surface area contributed by atoms with E-state index in [1.165, 1.54) is 18.7 Å². The van der Waals surface area contributed by atoms with Gasteiger partial charge in [-0.2, -0.15) is 5.26 Å². The summed E-state index contributed by atoms with van der Waals surface area (Å²) in [6.07, 6.45) is 1.90. The van der Waals surface area contributed by atoms with E-state index >= 15 is 0 Å². The Hall–Kier alpha value is -2.59. The maximum atomic E-state index is 11.7. The van der Waals surface area contributed by atoms with E-state index in [-0.39, 0.29) is 11.2 Å². The van der Waals surface area contributed by atoms with Crippen molar-refractivity contribution in [2.45, 2.75) is 53.6 Å². The highest BCUT2D eigenvalue weighted by atomic mass is 32.2. The average molecular weight is 428 g/mol. The first-order valence-corrected chi connectivity index (χ1v) is 11.2. The minimum Gasteiger partial charge on any atom is -0.358 e. The van der Waals surface area contributed by atoms with Crippen molar-refractivity contribution in [2.24, 2.45) is 5.41 Å². The van der Waals surface area contributed by atoms with E-state index in [2.05, 4.69) is 42.1 Å². The van der Waals surface area contributed by atoms with Crippen LogP contribution in [0.25, 0.3) is 0 Å². The fourth-order valence-electron chi connectivity index (χ4n) is 2.88. The van der Waals surface area contributed by atoms with Crippen molar-refractivity contribution < 1.29 is 4.79 Å². The average Bonchev–Trinajstić information content (AvgIpc) is 2.69. The topological polar surface area (TPSA) is 81.9 Å². The normalized spacial score (nSPS) is 10.5. The highest BCUT2D eigenvalue weighted by Gasteiger charge is 2.22. The summed E-state index contributed by atoms with van der Waals surface area (Å²) in [7, 11) is 1.93. The number of nitriles is 1. The van der Waals surface area contributed by atoms with Crippen molar-refractivity contribution in [2.75, 3.05) is 30.1 Å². The van der Waals surface area contributed by atoms with E-state index in [1.54, 1.807) is 12.1 Å². The molecule has 0 radical (unpaired) electrons. The maximum absolute atomic E-state index is 11.7. The van der Waals surface area contributed by atoms with Crippen molar-refractivity contribution in [1.29, 1.82) is 5.26 Å². The number of nitrogens with one attached hydrogen (secondary N) is 1. The van der Waals surface area contributed by atoms with Gasteiger partial charge in [-0.3, -0.25) is 4.79 Å². The number of hydrogen-bond acceptors (Lipinski definition) is 7. The predicted molar refractivity (Wildman–Crippen MR) is 127 cm³/mol. The van der Waals surface area contributed by atoms with Gasteiger partial charge in [0.15, 0.2) is 22.6 Å². The SMILES string of the molecule is CC.CSc1nc(Nc2cc(C(C)=O)ccc2C)c(C#N)c(N(C)CC(C)(C)C)n1. The van der Waals surface area contributed by atoms with E-state index in [0.29, 0.717) is 27.9 Å². The lowest BCUT2D eigenvalue weighted by Crippen LogP contribution is -2.30. The molecule has 162 valence electrons. The molecule has 30 heavy (non-hydrogen) atoms. The van der Waals surface area contributed by atoms with Gasteiger partial charge < -0.3 is 10.2 Å². The molecule has 2 rings (SSSR count). The molecule has 0 unspecified atom stereocenters. The first-order valence-electron chi connectivity index (χ1n) is 10.0. The summed E-state index contributed by atoms with van der Waals surface area (Å²) in [6.45, 7) is 14.6. The highest BCUT2D eigenvalue weighted by molar-refractivity contribution is 7.98. The third-order valence-electron chi connectivity index (χ3n) is 4.13. The number of carbonyl (C=O) groups is 1. The Morgan fingerprint density at radius 1 is 1.27 bits per heavy atom. The molecule has 0 atom stereocenters. The number of carbonyl (C=O) groups excluding carboxylic acids is 1. The lowest BCUT2D eigenvalue weighted by molar-refractivity contribution is 0.101. The molecule has 0 aliphatic carbocycles. The lowest BCUT2D eigenvalue weighted by Gasteiger charge is -2.28. The monoisotopic (exact) mass is 427 g/mol. The number of thioether (sulfide) groups is 1. The molecule has 7 heteroatoms. The molecule has 0 aliphatic rings. The molecule has 1 heterocycles. The Kier molecular flexibility index (Phi) is 9.31. The first-order chi connectivity index (χ1) is 14.1. The van der Waals surface area contributed by atoms with Gasteiger partial charge in [0.25, 0.3) is 0 Å². The number of Topliss-reactive ketones (excluding diaryl/α,β-unsaturated/α-hetero) is 1. The minimum absolute atomic E-state index is 0.0124. The highest BCUT2D eigenvalue weighted by Crippen LogP contribution is 2.31. The largest absolute Gasteiger partial charge is 0.358 e. The summed E-state index contributed by atoms with van der Waals surface area (Å²) in [5, 5.41) is 13.7. The van der Waals surface area contributed by atoms with Crippen molar-refractivity contribution in [3.8, 4) is 6.07 Å². The van der Waals surface area contributed by atoms with Crippen molar-refractivity contribution in [3.05, 3.63) is 34.9 Å². The molecule has 0 fully saturated rings. The van der Waals surface area contributed by atoms with Crippen LogP contribution < -0.4 is 10.2 Å². The second kappa shape index (κ2) is 11.0. The quantitative estimate of drug-likeness (QED) is 0.352. The number of ketones is 1. The third-order valence-corrected chi connectivity index (χ3v) is 4.68. The van der Waals surface area contributed by atoms with Crippen molar-refractivity contribution in [3.63, 3.8) is 0 Å². The Balaban J connectivity index is 0.00000218. The van der Waals surface area contributed by atoms with E-state index in [1.807, 2.05) is 45.0 Å². The van der Waals surface area contributed by atoms with E-state index < -0.39 is 0 Å². The zero-order valence-corrected chi connectivity index (χ0v) is 20.4. The van der Waals surface area contributed by atoms with Crippen LogP contribution in [0.15, 0.2) is 23.4 Å². The number of aryl methyl sites for hydroxylation is 1. The maximum Gasteiger partial charge on any atom is 0.191 e. The Bertz CT molecular complexity index is 928. The van der Waals surface area contributed by atoms with E-state index in [4.69, 9.17) is 0 Å². The zero-order chi connectivity index (χ0) is 23.1. The molecule has 0 bridgehead atoms. The second-order valence-electron chi connectivity index (χ2n) is 8.00. The molecule has 0 spiro atoms. The van der Waals surface area contributed by atoms with E-state index in [9.17, 15) is 10.1 Å². The number of benzene rings is 1. The van der Waals surface area contributed by atoms with Gasteiger partial charge >= 0.3 is 0 Å². The molecule has 2 aromatic rings. The van der Waals surface area contributed by atoms with Crippen LogP contribution in [0.3, 0.4) is 0 Å². The molecular weight excluding hydrogens is 394 g/mol. The number of hydrogen-bond donors (Lipinski definition) is 1. The van der Waals surface area contributed by atoms with Crippen LogP contribution in [0, 0.1) is 23.7 Å². The molecule has 0 saturated heterocycles. The molecule has 1 aromatic heterocycles. The van der Waals surface area contributed by atoms with Gasteiger partial charge in [-0.25, -0.2) is 9.97 Å². The number of rotatable bonds is 6. The lowest BCUT2D eigenvalue weighted by atomic mass is 9.96. The number of nitrogens with zero attached hydrogens (tertiary/aromatic N) is 4. The summed E-state index contributed by atoms with van der Waals surface area (Å²) in [5.74, 6) is 1.03. The summed E-state index contributed by atoms with van der Waals surface area (Å²) >= 11 is 1.42. The Morgan fingerprint density at radius 2 is 1.90 bits per heavy atom. The van der Waals surface area contributed by atoms with Gasteiger partial charge in [0.2, 0.25) is 0 Å². The fraction of sp³-hybridized carbons (Fsp3) is 0.478. The summed E-state index contributed by atoms with van der Waals surface area (Å²) in [6, 6.07) is 7.72. The van der Waals surface area contributed by atoms with Crippen molar-refractivity contribution in [1.82, 2.24) is 9.97 Å². The molecule has 0 amide bonds. The van der Waals surface area contributed by atoms with Crippen LogP contribution in [-0.4, -0.2) is 35.6 Å². The third kappa shape index (κ3) is 6.74. The smallest absolute Gasteiger partial charge is 0.191 e. The summed E-state index contributed by atoms with van der Waals surface area (Å²) in [5.41, 5.74) is 2.75. The number of aromatic nitrogens is 2. The van der Waals surface area contributed by atoms with Crippen LogP contribution in [-0.2, 0) is 0 Å². The van der Waals surface area contributed by atoms with Crippen LogP contribution in [0.2, 0.25) is 0 Å². The molecule has 0 saturated carbocycles. The molecular formula is C23H33N5OS. The van der Waals surface area contributed by atoms with Gasteiger partial charge in [0.1, 0.15) is 11.6 Å². The van der Waals surface area contributed by atoms with Crippen LogP contribution in [0.1, 0.15) is 63.0 Å².